The molecule has 0 bridgehead atoms. The molecular formula is C19H21NO4. The highest BCUT2D eigenvalue weighted by molar-refractivity contribution is 5.78. The van der Waals surface area contributed by atoms with Crippen molar-refractivity contribution in [2.24, 2.45) is 0 Å². The first-order chi connectivity index (χ1) is 11.5. The van der Waals surface area contributed by atoms with Crippen molar-refractivity contribution in [2.45, 2.75) is 20.4 Å². The zero-order chi connectivity index (χ0) is 17.5. The van der Waals surface area contributed by atoms with Gasteiger partial charge in [0.25, 0.3) is 5.91 Å². The van der Waals surface area contributed by atoms with Crippen molar-refractivity contribution in [1.29, 1.82) is 0 Å². The molecule has 2 aromatic rings. The van der Waals surface area contributed by atoms with Crippen LogP contribution in [0.5, 0.6) is 11.5 Å². The van der Waals surface area contributed by atoms with Gasteiger partial charge in [-0.05, 0) is 43.2 Å². The van der Waals surface area contributed by atoms with Crippen molar-refractivity contribution < 1.29 is 19.1 Å². The Hall–Kier alpha value is -2.82. The quantitative estimate of drug-likeness (QED) is 0.794. The Morgan fingerprint density at radius 1 is 1.17 bits per heavy atom. The molecule has 0 heterocycles. The van der Waals surface area contributed by atoms with Crippen molar-refractivity contribution >= 4 is 12.2 Å². The molecule has 5 nitrogen and oxygen atoms in total. The molecule has 0 aromatic heterocycles. The third-order valence-electron chi connectivity index (χ3n) is 3.63. The Kier molecular flexibility index (Phi) is 5.95. The van der Waals surface area contributed by atoms with Crippen LogP contribution >= 0.6 is 0 Å². The lowest BCUT2D eigenvalue weighted by Crippen LogP contribution is -2.28. The Balaban J connectivity index is 1.93. The number of benzene rings is 2. The van der Waals surface area contributed by atoms with Crippen LogP contribution in [0.1, 0.15) is 27.0 Å². The summed E-state index contributed by atoms with van der Waals surface area (Å²) in [7, 11) is 1.60. The number of aldehydes is 1. The predicted molar refractivity (Wildman–Crippen MR) is 91.6 cm³/mol. The van der Waals surface area contributed by atoms with Crippen LogP contribution in [0.15, 0.2) is 36.4 Å². The minimum absolute atomic E-state index is 0.0860. The second-order valence-electron chi connectivity index (χ2n) is 5.48. The molecular weight excluding hydrogens is 306 g/mol. The number of amides is 1. The van der Waals surface area contributed by atoms with Gasteiger partial charge in [0.1, 0.15) is 17.8 Å². The third kappa shape index (κ3) is 4.35. The lowest BCUT2D eigenvalue weighted by molar-refractivity contribution is -0.123. The average molecular weight is 327 g/mol. The highest BCUT2D eigenvalue weighted by Gasteiger charge is 2.10. The fraction of sp³-hybridized carbons (Fsp3) is 0.263. The number of hydrogen-bond acceptors (Lipinski definition) is 4. The molecule has 0 atom stereocenters. The maximum Gasteiger partial charge on any atom is 0.258 e. The molecule has 0 fully saturated rings. The Bertz CT molecular complexity index is 717. The third-order valence-corrected chi connectivity index (χ3v) is 3.63. The van der Waals surface area contributed by atoms with Crippen molar-refractivity contribution in [2.75, 3.05) is 13.7 Å². The Labute approximate surface area is 141 Å². The number of para-hydroxylation sites is 1. The molecule has 5 heteroatoms. The van der Waals surface area contributed by atoms with Gasteiger partial charge in [-0.1, -0.05) is 18.2 Å². The lowest BCUT2D eigenvalue weighted by atomic mass is 10.1. The van der Waals surface area contributed by atoms with Crippen molar-refractivity contribution in [3.8, 4) is 11.5 Å². The number of nitrogens with one attached hydrogen (secondary N) is 1. The highest BCUT2D eigenvalue weighted by atomic mass is 16.5. The number of rotatable bonds is 7. The Morgan fingerprint density at radius 2 is 1.83 bits per heavy atom. The normalized spacial score (nSPS) is 10.1. The molecule has 0 aliphatic heterocycles. The second-order valence-corrected chi connectivity index (χ2v) is 5.48. The number of carbonyl (C=O) groups is 2. The van der Waals surface area contributed by atoms with E-state index in [9.17, 15) is 9.59 Å². The van der Waals surface area contributed by atoms with Gasteiger partial charge >= 0.3 is 0 Å². The van der Waals surface area contributed by atoms with Crippen molar-refractivity contribution in [1.82, 2.24) is 5.32 Å². The van der Waals surface area contributed by atoms with E-state index in [4.69, 9.17) is 9.47 Å². The van der Waals surface area contributed by atoms with Crippen LogP contribution in [0, 0.1) is 13.8 Å². The molecule has 0 radical (unpaired) electrons. The number of carbonyl (C=O) groups excluding carboxylic acids is 2. The Morgan fingerprint density at radius 3 is 2.46 bits per heavy atom. The van der Waals surface area contributed by atoms with E-state index in [0.717, 1.165) is 28.7 Å². The second kappa shape index (κ2) is 8.15. The molecule has 2 aromatic carbocycles. The topological polar surface area (TPSA) is 64.6 Å². The van der Waals surface area contributed by atoms with E-state index in [1.807, 2.05) is 38.1 Å². The maximum absolute atomic E-state index is 12.0. The fourth-order valence-electron chi connectivity index (χ4n) is 2.51. The van der Waals surface area contributed by atoms with Gasteiger partial charge in [0.05, 0.1) is 7.11 Å². The highest BCUT2D eigenvalue weighted by Crippen LogP contribution is 2.24. The zero-order valence-electron chi connectivity index (χ0n) is 14.1. The summed E-state index contributed by atoms with van der Waals surface area (Å²) in [5.74, 6) is 1.14. The molecule has 1 N–H and O–H groups in total. The minimum Gasteiger partial charge on any atom is -0.496 e. The minimum atomic E-state index is -0.223. The summed E-state index contributed by atoms with van der Waals surface area (Å²) in [5, 5.41) is 2.81. The van der Waals surface area contributed by atoms with E-state index in [2.05, 4.69) is 5.32 Å². The summed E-state index contributed by atoms with van der Waals surface area (Å²) in [4.78, 5) is 22.8. The molecule has 0 saturated carbocycles. The first-order valence-electron chi connectivity index (χ1n) is 7.63. The van der Waals surface area contributed by atoms with Gasteiger partial charge in [-0.15, -0.1) is 0 Å². The van der Waals surface area contributed by atoms with Crippen LogP contribution < -0.4 is 14.8 Å². The van der Waals surface area contributed by atoms with Crippen LogP contribution in [0.4, 0.5) is 0 Å². The van der Waals surface area contributed by atoms with Gasteiger partial charge in [-0.2, -0.15) is 0 Å². The van der Waals surface area contributed by atoms with Gasteiger partial charge in [0.2, 0.25) is 0 Å². The van der Waals surface area contributed by atoms with Crippen LogP contribution in [-0.4, -0.2) is 25.9 Å². The van der Waals surface area contributed by atoms with Crippen LogP contribution in [-0.2, 0) is 11.3 Å². The van der Waals surface area contributed by atoms with Crippen molar-refractivity contribution in [3.63, 3.8) is 0 Å². The van der Waals surface area contributed by atoms with Crippen molar-refractivity contribution in [3.05, 3.63) is 58.7 Å². The smallest absolute Gasteiger partial charge is 0.258 e. The molecule has 0 aliphatic rings. The number of aryl methyl sites for hydroxylation is 2. The van der Waals surface area contributed by atoms with Gasteiger partial charge in [-0.25, -0.2) is 0 Å². The van der Waals surface area contributed by atoms with Gasteiger partial charge < -0.3 is 14.8 Å². The number of ether oxygens (including phenoxy) is 2. The largest absolute Gasteiger partial charge is 0.496 e. The predicted octanol–water partition coefficient (Wildman–Crippen LogP) is 2.82. The molecule has 0 spiro atoms. The van der Waals surface area contributed by atoms with Gasteiger partial charge in [0.15, 0.2) is 6.61 Å². The lowest BCUT2D eigenvalue weighted by Gasteiger charge is -2.13. The van der Waals surface area contributed by atoms with E-state index < -0.39 is 0 Å². The maximum atomic E-state index is 12.0. The fourth-order valence-corrected chi connectivity index (χ4v) is 2.51. The molecule has 1 amide bonds. The molecule has 0 aliphatic carbocycles. The molecule has 0 saturated heterocycles. The van der Waals surface area contributed by atoms with E-state index in [1.165, 1.54) is 0 Å². The van der Waals surface area contributed by atoms with Gasteiger partial charge in [0, 0.05) is 17.7 Å². The molecule has 2 rings (SSSR count). The summed E-state index contributed by atoms with van der Waals surface area (Å²) < 4.78 is 10.9. The summed E-state index contributed by atoms with van der Waals surface area (Å²) in [6.07, 6.45) is 0.795. The summed E-state index contributed by atoms with van der Waals surface area (Å²) in [6.45, 7) is 3.98. The monoisotopic (exact) mass is 327 g/mol. The summed E-state index contributed by atoms with van der Waals surface area (Å²) in [5.41, 5.74) is 3.15. The van der Waals surface area contributed by atoms with E-state index >= 15 is 0 Å². The van der Waals surface area contributed by atoms with E-state index in [0.29, 0.717) is 17.9 Å². The molecule has 24 heavy (non-hydrogen) atoms. The van der Waals surface area contributed by atoms with E-state index in [-0.39, 0.29) is 12.5 Å². The number of hydrogen-bond donors (Lipinski definition) is 1. The summed E-state index contributed by atoms with van der Waals surface area (Å²) >= 11 is 0. The standard InChI is InChI=1S/C19H21NO4/c1-13-8-15(11-21)9-14(2)19(13)24-12-18(22)20-10-16-6-4-5-7-17(16)23-3/h4-9,11H,10,12H2,1-3H3,(H,20,22). The van der Waals surface area contributed by atoms with Gasteiger partial charge in [-0.3, -0.25) is 9.59 Å². The summed E-state index contributed by atoms with van der Waals surface area (Å²) in [6, 6.07) is 11.0. The first kappa shape index (κ1) is 17.5. The van der Waals surface area contributed by atoms with Crippen LogP contribution in [0.3, 0.4) is 0 Å². The average Bonchev–Trinajstić information content (AvgIpc) is 2.59. The zero-order valence-corrected chi connectivity index (χ0v) is 14.1. The van der Waals surface area contributed by atoms with Crippen LogP contribution in [0.2, 0.25) is 0 Å². The number of methoxy groups -OCH3 is 1. The SMILES string of the molecule is COc1ccccc1CNC(=O)COc1c(C)cc(C=O)cc1C. The molecule has 126 valence electrons. The van der Waals surface area contributed by atoms with Crippen LogP contribution in [0.25, 0.3) is 0 Å². The first-order valence-corrected chi connectivity index (χ1v) is 7.63. The van der Waals surface area contributed by atoms with E-state index in [1.54, 1.807) is 19.2 Å². The molecule has 0 unspecified atom stereocenters.